The first-order valence-corrected chi connectivity index (χ1v) is 6.62. The summed E-state index contributed by atoms with van der Waals surface area (Å²) in [4.78, 5) is 4.47. The Bertz CT molecular complexity index is 827. The van der Waals surface area contributed by atoms with E-state index in [1.807, 2.05) is 55.5 Å². The van der Waals surface area contributed by atoms with Gasteiger partial charge in [-0.2, -0.15) is 0 Å². The number of ether oxygens (including phenoxy) is 1. The molecule has 0 spiro atoms. The maximum atomic E-state index is 7.72. The van der Waals surface area contributed by atoms with Gasteiger partial charge in [0.1, 0.15) is 11.6 Å². The molecule has 3 aromatic rings. The zero-order chi connectivity index (χ0) is 14.8. The fourth-order valence-electron chi connectivity index (χ4n) is 2.23. The highest BCUT2D eigenvalue weighted by Gasteiger charge is 2.09. The number of para-hydroxylation sites is 1. The lowest BCUT2D eigenvalue weighted by molar-refractivity contribution is 0.464. The minimum absolute atomic E-state index is 0.00249. The van der Waals surface area contributed by atoms with Gasteiger partial charge in [0, 0.05) is 17.0 Å². The number of benzene rings is 2. The Balaban J connectivity index is 2.09. The summed E-state index contributed by atoms with van der Waals surface area (Å²) in [5.74, 6) is 1.15. The molecule has 0 saturated carbocycles. The van der Waals surface area contributed by atoms with Crippen LogP contribution in [0, 0.1) is 12.3 Å². The number of hydrogen-bond acceptors (Lipinski definition) is 3. The predicted molar refractivity (Wildman–Crippen MR) is 84.0 cm³/mol. The van der Waals surface area contributed by atoms with Gasteiger partial charge >= 0.3 is 0 Å². The van der Waals surface area contributed by atoms with Gasteiger partial charge in [0.15, 0.2) is 0 Å². The maximum absolute atomic E-state index is 7.72. The van der Waals surface area contributed by atoms with Crippen molar-refractivity contribution in [2.24, 2.45) is 5.73 Å². The highest BCUT2D eigenvalue weighted by atomic mass is 16.5. The quantitative estimate of drug-likeness (QED) is 0.567. The molecule has 0 unspecified atom stereocenters. The number of aromatic nitrogens is 1. The minimum atomic E-state index is 0.00249. The molecule has 21 heavy (non-hydrogen) atoms. The summed E-state index contributed by atoms with van der Waals surface area (Å²) in [6.07, 6.45) is 0. The van der Waals surface area contributed by atoms with E-state index in [9.17, 15) is 0 Å². The number of nitrogens with two attached hydrogens (primary N) is 1. The Morgan fingerprint density at radius 1 is 1.10 bits per heavy atom. The molecule has 0 saturated heterocycles. The van der Waals surface area contributed by atoms with Crippen LogP contribution in [0.5, 0.6) is 11.6 Å². The van der Waals surface area contributed by atoms with E-state index in [4.69, 9.17) is 15.9 Å². The van der Waals surface area contributed by atoms with Crippen molar-refractivity contribution in [3.8, 4) is 11.6 Å². The minimum Gasteiger partial charge on any atom is -0.439 e. The predicted octanol–water partition coefficient (Wildman–Crippen LogP) is 3.62. The van der Waals surface area contributed by atoms with Crippen LogP contribution in [0.1, 0.15) is 11.1 Å². The van der Waals surface area contributed by atoms with Crippen molar-refractivity contribution in [2.45, 2.75) is 6.92 Å². The molecule has 0 aliphatic heterocycles. The highest BCUT2D eigenvalue weighted by molar-refractivity contribution is 6.06. The first kappa shape index (κ1) is 13.1. The number of hydrogen-bond donors (Lipinski definition) is 2. The average molecular weight is 277 g/mol. The normalized spacial score (nSPS) is 10.5. The van der Waals surface area contributed by atoms with Crippen LogP contribution in [-0.4, -0.2) is 10.8 Å². The summed E-state index contributed by atoms with van der Waals surface area (Å²) < 4.78 is 5.79. The van der Waals surface area contributed by atoms with Crippen LogP contribution < -0.4 is 10.5 Å². The van der Waals surface area contributed by atoms with Gasteiger partial charge in [0.05, 0.1) is 5.52 Å². The molecule has 0 atom stereocenters. The molecule has 3 rings (SSSR count). The van der Waals surface area contributed by atoms with Crippen molar-refractivity contribution < 1.29 is 4.74 Å². The number of rotatable bonds is 3. The third kappa shape index (κ3) is 2.69. The van der Waals surface area contributed by atoms with Crippen LogP contribution in [0.4, 0.5) is 0 Å². The van der Waals surface area contributed by atoms with Crippen LogP contribution in [0.2, 0.25) is 0 Å². The summed E-state index contributed by atoms with van der Waals surface area (Å²) in [6, 6.07) is 17.0. The van der Waals surface area contributed by atoms with E-state index in [1.54, 1.807) is 6.07 Å². The second-order valence-electron chi connectivity index (χ2n) is 4.86. The van der Waals surface area contributed by atoms with Crippen LogP contribution >= 0.6 is 0 Å². The lowest BCUT2D eigenvalue weighted by atomic mass is 10.1. The van der Waals surface area contributed by atoms with Crippen molar-refractivity contribution in [3.63, 3.8) is 0 Å². The molecule has 4 nitrogen and oxygen atoms in total. The van der Waals surface area contributed by atoms with Gasteiger partial charge in [-0.15, -0.1) is 0 Å². The summed E-state index contributed by atoms with van der Waals surface area (Å²) in [5, 5.41) is 8.57. The number of nitrogen functional groups attached to an aromatic ring is 1. The summed E-state index contributed by atoms with van der Waals surface area (Å²) in [6.45, 7) is 2.00. The lowest BCUT2D eigenvalue weighted by Crippen LogP contribution is -2.12. The molecular formula is C17H15N3O. The maximum Gasteiger partial charge on any atom is 0.220 e. The Hall–Kier alpha value is -2.88. The molecule has 0 aliphatic rings. The van der Waals surface area contributed by atoms with Gasteiger partial charge in [-0.05, 0) is 30.7 Å². The van der Waals surface area contributed by atoms with E-state index >= 15 is 0 Å². The first-order chi connectivity index (χ1) is 10.1. The summed E-state index contributed by atoms with van der Waals surface area (Å²) >= 11 is 0. The molecule has 0 bridgehead atoms. The molecule has 0 fully saturated rings. The number of aryl methyl sites for hydroxylation is 1. The Kier molecular flexibility index (Phi) is 3.28. The third-order valence-electron chi connectivity index (χ3n) is 3.19. The van der Waals surface area contributed by atoms with Gasteiger partial charge in [-0.3, -0.25) is 5.41 Å². The van der Waals surface area contributed by atoms with Crippen molar-refractivity contribution in [2.75, 3.05) is 0 Å². The van der Waals surface area contributed by atoms with Crippen LogP contribution in [0.15, 0.2) is 54.6 Å². The van der Waals surface area contributed by atoms with Crippen LogP contribution in [0.25, 0.3) is 10.9 Å². The Morgan fingerprint density at radius 2 is 1.90 bits per heavy atom. The van der Waals surface area contributed by atoms with E-state index in [2.05, 4.69) is 4.98 Å². The van der Waals surface area contributed by atoms with E-state index in [-0.39, 0.29) is 5.84 Å². The molecule has 4 heteroatoms. The highest BCUT2D eigenvalue weighted by Crippen LogP contribution is 2.26. The van der Waals surface area contributed by atoms with Gasteiger partial charge in [-0.1, -0.05) is 30.3 Å². The molecule has 1 heterocycles. The third-order valence-corrected chi connectivity index (χ3v) is 3.19. The van der Waals surface area contributed by atoms with Gasteiger partial charge in [0.25, 0.3) is 0 Å². The van der Waals surface area contributed by atoms with Crippen molar-refractivity contribution >= 4 is 16.7 Å². The topological polar surface area (TPSA) is 72.0 Å². The van der Waals surface area contributed by atoms with Crippen molar-refractivity contribution in [1.29, 1.82) is 5.41 Å². The molecule has 2 aromatic carbocycles. The molecular weight excluding hydrogens is 262 g/mol. The molecule has 3 N–H and O–H groups in total. The van der Waals surface area contributed by atoms with E-state index in [0.717, 1.165) is 16.5 Å². The van der Waals surface area contributed by atoms with E-state index in [0.29, 0.717) is 17.2 Å². The standard InChI is InChI=1S/C17H15N3O/c1-11-5-4-6-12(9-11)21-16-10-14(17(18)19)13-7-2-3-8-15(13)20-16/h2-10H,1H3,(H3,18,19). The SMILES string of the molecule is Cc1cccc(Oc2cc(C(=N)N)c3ccccc3n2)c1. The fraction of sp³-hybridized carbons (Fsp3) is 0.0588. The lowest BCUT2D eigenvalue weighted by Gasteiger charge is -2.10. The molecule has 0 aliphatic carbocycles. The molecule has 0 amide bonds. The molecule has 0 radical (unpaired) electrons. The van der Waals surface area contributed by atoms with Crippen molar-refractivity contribution in [1.82, 2.24) is 4.98 Å². The number of amidine groups is 1. The Labute approximate surface area is 122 Å². The van der Waals surface area contributed by atoms with Crippen LogP contribution in [-0.2, 0) is 0 Å². The summed E-state index contributed by atoms with van der Waals surface area (Å²) in [7, 11) is 0. The fourth-order valence-corrected chi connectivity index (χ4v) is 2.23. The number of nitrogens with zero attached hydrogens (tertiary/aromatic N) is 1. The van der Waals surface area contributed by atoms with Gasteiger partial charge < -0.3 is 10.5 Å². The monoisotopic (exact) mass is 277 g/mol. The number of pyridine rings is 1. The van der Waals surface area contributed by atoms with Gasteiger partial charge in [-0.25, -0.2) is 4.98 Å². The first-order valence-electron chi connectivity index (χ1n) is 6.62. The largest absolute Gasteiger partial charge is 0.439 e. The van der Waals surface area contributed by atoms with Crippen molar-refractivity contribution in [3.05, 3.63) is 65.7 Å². The Morgan fingerprint density at radius 3 is 2.67 bits per heavy atom. The molecule has 1 aromatic heterocycles. The average Bonchev–Trinajstić information content (AvgIpc) is 2.46. The second-order valence-corrected chi connectivity index (χ2v) is 4.86. The number of fused-ring (bicyclic) bond motifs is 1. The zero-order valence-electron chi connectivity index (χ0n) is 11.6. The van der Waals surface area contributed by atoms with Crippen LogP contribution in [0.3, 0.4) is 0 Å². The zero-order valence-corrected chi connectivity index (χ0v) is 11.6. The number of nitrogens with one attached hydrogen (secondary N) is 1. The smallest absolute Gasteiger partial charge is 0.220 e. The van der Waals surface area contributed by atoms with Gasteiger partial charge in [0.2, 0.25) is 5.88 Å². The summed E-state index contributed by atoms with van der Waals surface area (Å²) in [5.41, 5.74) is 8.16. The van der Waals surface area contributed by atoms with E-state index < -0.39 is 0 Å². The second kappa shape index (κ2) is 5.25. The molecule has 104 valence electrons. The van der Waals surface area contributed by atoms with E-state index in [1.165, 1.54) is 0 Å².